The number of carbonyl (C=O) groups is 1. The Morgan fingerprint density at radius 1 is 1.25 bits per heavy atom. The Labute approximate surface area is 167 Å². The number of ether oxygens (including phenoxy) is 1. The van der Waals surface area contributed by atoms with Gasteiger partial charge in [-0.1, -0.05) is 12.1 Å². The van der Waals surface area contributed by atoms with Crippen molar-refractivity contribution in [3.8, 4) is 17.0 Å². The van der Waals surface area contributed by atoms with Gasteiger partial charge in [0.25, 0.3) is 0 Å². The molecule has 3 heterocycles. The van der Waals surface area contributed by atoms with Gasteiger partial charge in [0, 0.05) is 34.8 Å². The van der Waals surface area contributed by atoms with E-state index in [1.165, 1.54) is 4.88 Å². The quantitative estimate of drug-likeness (QED) is 0.675. The van der Waals surface area contributed by atoms with Gasteiger partial charge in [-0.25, -0.2) is 0 Å². The first kappa shape index (κ1) is 18.8. The van der Waals surface area contributed by atoms with E-state index in [0.717, 1.165) is 23.3 Å². The molecule has 1 fully saturated rings. The molecule has 1 aromatic carbocycles. The number of para-hydroxylation sites is 1. The van der Waals surface area contributed by atoms with Crippen LogP contribution in [0.4, 0.5) is 0 Å². The molecule has 0 radical (unpaired) electrons. The molecule has 1 aliphatic rings. The second-order valence-corrected chi connectivity index (χ2v) is 9.20. The number of esters is 1. The van der Waals surface area contributed by atoms with Gasteiger partial charge in [0.2, 0.25) is 0 Å². The average molecular weight is 398 g/mol. The molecule has 6 nitrogen and oxygen atoms in total. The fourth-order valence-corrected chi connectivity index (χ4v) is 4.37. The maximum atomic E-state index is 11.9. The number of thiophene rings is 1. The third-order valence-electron chi connectivity index (χ3n) is 4.61. The van der Waals surface area contributed by atoms with Crippen molar-refractivity contribution in [3.05, 3.63) is 41.3 Å². The van der Waals surface area contributed by atoms with Crippen molar-refractivity contribution >= 4 is 27.5 Å². The summed E-state index contributed by atoms with van der Waals surface area (Å²) in [6, 6.07) is 11.2. The van der Waals surface area contributed by atoms with Crippen LogP contribution in [0.25, 0.3) is 21.5 Å². The van der Waals surface area contributed by atoms with Crippen molar-refractivity contribution < 1.29 is 14.6 Å². The number of hydrogen-bond acceptors (Lipinski definition) is 7. The zero-order valence-corrected chi connectivity index (χ0v) is 17.0. The van der Waals surface area contributed by atoms with E-state index in [-0.39, 0.29) is 11.7 Å². The molecule has 0 aliphatic carbocycles. The van der Waals surface area contributed by atoms with Crippen LogP contribution in [0.1, 0.15) is 31.6 Å². The standard InChI is InChI=1S/C21H23N3O3S/c1-21(2,3)27-19(26)12-24-10-14(11-24)18-9-13-8-16(22-23-20(13)28-18)15-6-4-5-7-17(15)25/h4-9,14,25H,10-12H2,1-3H3. The smallest absolute Gasteiger partial charge is 0.320 e. The summed E-state index contributed by atoms with van der Waals surface area (Å²) in [6.45, 7) is 7.65. The number of hydrogen-bond donors (Lipinski definition) is 1. The minimum atomic E-state index is -0.448. The Balaban J connectivity index is 1.44. The largest absolute Gasteiger partial charge is 0.507 e. The predicted octanol–water partition coefficient (Wildman–Crippen LogP) is 3.80. The predicted molar refractivity (Wildman–Crippen MR) is 110 cm³/mol. The highest BCUT2D eigenvalue weighted by molar-refractivity contribution is 7.18. The van der Waals surface area contributed by atoms with E-state index >= 15 is 0 Å². The van der Waals surface area contributed by atoms with Crippen LogP contribution in [0.15, 0.2) is 36.4 Å². The first-order valence-electron chi connectivity index (χ1n) is 9.28. The summed E-state index contributed by atoms with van der Waals surface area (Å²) in [7, 11) is 0. The van der Waals surface area contributed by atoms with E-state index in [0.29, 0.717) is 23.7 Å². The summed E-state index contributed by atoms with van der Waals surface area (Å²) < 4.78 is 5.38. The number of aromatic hydroxyl groups is 1. The number of nitrogens with zero attached hydrogens (tertiary/aromatic N) is 3. The number of fused-ring (bicyclic) bond motifs is 1. The average Bonchev–Trinajstić information content (AvgIpc) is 2.99. The van der Waals surface area contributed by atoms with Crippen molar-refractivity contribution in [1.29, 1.82) is 0 Å². The van der Waals surface area contributed by atoms with E-state index < -0.39 is 5.60 Å². The monoisotopic (exact) mass is 397 g/mol. The summed E-state index contributed by atoms with van der Waals surface area (Å²) >= 11 is 1.64. The maximum Gasteiger partial charge on any atom is 0.320 e. The van der Waals surface area contributed by atoms with Crippen molar-refractivity contribution in [3.63, 3.8) is 0 Å². The van der Waals surface area contributed by atoms with Gasteiger partial charge in [0.15, 0.2) is 0 Å². The normalized spacial score (nSPS) is 15.5. The van der Waals surface area contributed by atoms with E-state index in [1.807, 2.05) is 39.0 Å². The molecular formula is C21H23N3O3S. The molecule has 146 valence electrons. The molecule has 28 heavy (non-hydrogen) atoms. The van der Waals surface area contributed by atoms with Gasteiger partial charge in [-0.3, -0.25) is 9.69 Å². The molecule has 1 N–H and O–H groups in total. The van der Waals surface area contributed by atoms with E-state index in [1.54, 1.807) is 23.5 Å². The number of likely N-dealkylation sites (tertiary alicyclic amines) is 1. The Bertz CT molecular complexity index is 1020. The van der Waals surface area contributed by atoms with Crippen LogP contribution in [-0.2, 0) is 9.53 Å². The number of aromatic nitrogens is 2. The molecule has 1 aliphatic heterocycles. The van der Waals surface area contributed by atoms with E-state index in [4.69, 9.17) is 4.74 Å². The van der Waals surface area contributed by atoms with Crippen LogP contribution in [0, 0.1) is 0 Å². The van der Waals surface area contributed by atoms with Crippen LogP contribution >= 0.6 is 11.3 Å². The summed E-state index contributed by atoms with van der Waals surface area (Å²) in [5.41, 5.74) is 0.892. The van der Waals surface area contributed by atoms with E-state index in [2.05, 4.69) is 21.2 Å². The Kier molecular flexibility index (Phi) is 4.81. The zero-order valence-electron chi connectivity index (χ0n) is 16.2. The van der Waals surface area contributed by atoms with Gasteiger partial charge in [-0.05, 0) is 45.0 Å². The van der Waals surface area contributed by atoms with Crippen LogP contribution in [-0.4, -0.2) is 51.4 Å². The lowest BCUT2D eigenvalue weighted by Gasteiger charge is -2.38. The topological polar surface area (TPSA) is 75.5 Å². The second kappa shape index (κ2) is 7.14. The number of rotatable bonds is 4. The zero-order chi connectivity index (χ0) is 19.9. The molecule has 1 saturated heterocycles. The van der Waals surface area contributed by atoms with Crippen molar-refractivity contribution in [2.45, 2.75) is 32.3 Å². The van der Waals surface area contributed by atoms with Gasteiger partial charge >= 0.3 is 5.97 Å². The summed E-state index contributed by atoms with van der Waals surface area (Å²) in [4.78, 5) is 16.2. The van der Waals surface area contributed by atoms with Gasteiger partial charge in [-0.15, -0.1) is 21.5 Å². The van der Waals surface area contributed by atoms with E-state index in [9.17, 15) is 9.90 Å². The minimum absolute atomic E-state index is 0.180. The molecule has 0 saturated carbocycles. The first-order valence-corrected chi connectivity index (χ1v) is 10.1. The third kappa shape index (κ3) is 4.00. The summed E-state index contributed by atoms with van der Waals surface area (Å²) in [5, 5.41) is 19.7. The summed E-state index contributed by atoms with van der Waals surface area (Å²) in [5.74, 6) is 0.416. The molecule has 4 rings (SSSR count). The highest BCUT2D eigenvalue weighted by Gasteiger charge is 2.32. The minimum Gasteiger partial charge on any atom is -0.507 e. The fourth-order valence-electron chi connectivity index (χ4n) is 3.33. The molecule has 0 spiro atoms. The van der Waals surface area contributed by atoms with Crippen molar-refractivity contribution in [1.82, 2.24) is 15.1 Å². The molecule has 0 amide bonds. The lowest BCUT2D eigenvalue weighted by molar-refractivity contribution is -0.157. The van der Waals surface area contributed by atoms with Crippen LogP contribution in [0.5, 0.6) is 5.75 Å². The van der Waals surface area contributed by atoms with Gasteiger partial charge < -0.3 is 9.84 Å². The fraction of sp³-hybridized carbons (Fsp3) is 0.381. The maximum absolute atomic E-state index is 11.9. The molecule has 2 aromatic heterocycles. The first-order chi connectivity index (χ1) is 13.3. The lowest BCUT2D eigenvalue weighted by Crippen LogP contribution is -2.48. The third-order valence-corrected chi connectivity index (χ3v) is 5.81. The molecular weight excluding hydrogens is 374 g/mol. The highest BCUT2D eigenvalue weighted by Crippen LogP contribution is 2.36. The van der Waals surface area contributed by atoms with Gasteiger partial charge in [-0.2, -0.15) is 0 Å². The molecule has 7 heteroatoms. The van der Waals surface area contributed by atoms with Crippen molar-refractivity contribution in [2.24, 2.45) is 0 Å². The Hall–Kier alpha value is -2.51. The highest BCUT2D eigenvalue weighted by atomic mass is 32.1. The second-order valence-electron chi connectivity index (χ2n) is 8.13. The number of benzene rings is 1. The Morgan fingerprint density at radius 2 is 2.00 bits per heavy atom. The lowest BCUT2D eigenvalue weighted by atomic mass is 9.98. The molecule has 0 bridgehead atoms. The van der Waals surface area contributed by atoms with Crippen molar-refractivity contribution in [2.75, 3.05) is 19.6 Å². The summed E-state index contributed by atoms with van der Waals surface area (Å²) in [6.07, 6.45) is 0. The number of carbonyl (C=O) groups excluding carboxylic acids is 1. The number of phenols is 1. The van der Waals surface area contributed by atoms with Crippen LogP contribution in [0.2, 0.25) is 0 Å². The number of phenolic OH excluding ortho intramolecular Hbond substituents is 1. The van der Waals surface area contributed by atoms with Crippen LogP contribution < -0.4 is 0 Å². The molecule has 0 atom stereocenters. The molecule has 0 unspecified atom stereocenters. The molecule has 3 aromatic rings. The van der Waals surface area contributed by atoms with Crippen LogP contribution in [0.3, 0.4) is 0 Å². The van der Waals surface area contributed by atoms with Gasteiger partial charge in [0.1, 0.15) is 16.2 Å². The van der Waals surface area contributed by atoms with Gasteiger partial charge in [0.05, 0.1) is 12.2 Å². The Morgan fingerprint density at radius 3 is 2.71 bits per heavy atom. The SMILES string of the molecule is CC(C)(C)OC(=O)CN1CC(c2cc3cc(-c4ccccc4O)nnc3s2)C1.